The number of carbonyl (C=O) groups excluding carboxylic acids is 1. The molecule has 1 saturated heterocycles. The van der Waals surface area contributed by atoms with Crippen LogP contribution >= 0.6 is 0 Å². The van der Waals surface area contributed by atoms with Gasteiger partial charge in [0.05, 0.1) is 11.7 Å². The summed E-state index contributed by atoms with van der Waals surface area (Å²) < 4.78 is 26.5. The molecule has 1 aromatic rings. The van der Waals surface area contributed by atoms with Crippen molar-refractivity contribution in [1.82, 2.24) is 5.32 Å². The summed E-state index contributed by atoms with van der Waals surface area (Å²) in [4.78, 5) is 13.6. The second-order valence-electron chi connectivity index (χ2n) is 4.34. The second-order valence-corrected chi connectivity index (χ2v) is 4.34. The Morgan fingerprint density at radius 1 is 1.44 bits per heavy atom. The second kappa shape index (κ2) is 5.44. The molecule has 98 valence electrons. The van der Waals surface area contributed by atoms with Crippen LogP contribution < -0.4 is 10.2 Å². The predicted octanol–water partition coefficient (Wildman–Crippen LogP) is 2.07. The van der Waals surface area contributed by atoms with Crippen molar-refractivity contribution in [3.8, 4) is 0 Å². The monoisotopic (exact) mass is 254 g/mol. The number of amides is 1. The van der Waals surface area contributed by atoms with E-state index in [1.165, 1.54) is 17.0 Å². The number of hydrogen-bond acceptors (Lipinski definition) is 2. The summed E-state index contributed by atoms with van der Waals surface area (Å²) in [6.07, 6.45) is 1.56. The number of hydrogen-bond donors (Lipinski definition) is 1. The summed E-state index contributed by atoms with van der Waals surface area (Å²) in [6, 6.07) is 3.02. The lowest BCUT2D eigenvalue weighted by molar-refractivity contribution is -0.121. The van der Waals surface area contributed by atoms with Crippen LogP contribution in [0.15, 0.2) is 18.2 Å². The largest absolute Gasteiger partial charge is 0.308 e. The minimum absolute atomic E-state index is 0.145. The molecule has 0 bridgehead atoms. The van der Waals surface area contributed by atoms with Crippen molar-refractivity contribution < 1.29 is 13.6 Å². The number of piperidine rings is 1. The summed E-state index contributed by atoms with van der Waals surface area (Å²) in [5, 5.41) is 3.08. The van der Waals surface area contributed by atoms with E-state index in [1.54, 1.807) is 0 Å². The van der Waals surface area contributed by atoms with Crippen LogP contribution in [0.2, 0.25) is 0 Å². The third-order valence-corrected chi connectivity index (χ3v) is 3.09. The Morgan fingerprint density at radius 2 is 2.22 bits per heavy atom. The van der Waals surface area contributed by atoms with Crippen molar-refractivity contribution in [3.05, 3.63) is 29.8 Å². The Hall–Kier alpha value is -1.49. The molecule has 1 N–H and O–H groups in total. The number of anilines is 1. The van der Waals surface area contributed by atoms with Gasteiger partial charge in [-0.2, -0.15) is 0 Å². The van der Waals surface area contributed by atoms with Gasteiger partial charge in [0, 0.05) is 12.6 Å². The summed E-state index contributed by atoms with van der Waals surface area (Å²) in [6.45, 7) is 3.09. The van der Waals surface area contributed by atoms with E-state index >= 15 is 0 Å². The number of likely N-dealkylation sites (N-methyl/N-ethyl adjacent to an activating group) is 1. The summed E-state index contributed by atoms with van der Waals surface area (Å²) in [5.41, 5.74) is 0.156. The van der Waals surface area contributed by atoms with Crippen LogP contribution in [0, 0.1) is 11.6 Å². The molecular formula is C13H16F2N2O. The molecule has 0 aliphatic carbocycles. The standard InChI is InChI=1S/C13H16F2N2O/c1-2-16-11-4-3-7-17(13(11)18)12-6-5-9(14)8-10(12)15/h5-6,8,11,16H,2-4,7H2,1H3. The smallest absolute Gasteiger partial charge is 0.244 e. The van der Waals surface area contributed by atoms with Crippen LogP contribution in [-0.2, 0) is 4.79 Å². The van der Waals surface area contributed by atoms with Gasteiger partial charge in [0.1, 0.15) is 11.6 Å². The molecule has 1 atom stereocenters. The molecule has 0 saturated carbocycles. The third kappa shape index (κ3) is 2.51. The van der Waals surface area contributed by atoms with Gasteiger partial charge in [-0.1, -0.05) is 6.92 Å². The lowest BCUT2D eigenvalue weighted by Crippen LogP contribution is -2.51. The van der Waals surface area contributed by atoms with E-state index in [-0.39, 0.29) is 17.6 Å². The Labute approximate surface area is 105 Å². The quantitative estimate of drug-likeness (QED) is 0.895. The van der Waals surface area contributed by atoms with Crippen LogP contribution in [0.1, 0.15) is 19.8 Å². The van der Waals surface area contributed by atoms with Gasteiger partial charge in [-0.05, 0) is 31.5 Å². The molecule has 3 nitrogen and oxygen atoms in total. The van der Waals surface area contributed by atoms with Crippen molar-refractivity contribution in [2.24, 2.45) is 0 Å². The van der Waals surface area contributed by atoms with Crippen molar-refractivity contribution in [2.75, 3.05) is 18.0 Å². The first-order chi connectivity index (χ1) is 8.63. The fraction of sp³-hybridized carbons (Fsp3) is 0.462. The molecule has 1 aromatic carbocycles. The maximum absolute atomic E-state index is 13.7. The fourth-order valence-corrected chi connectivity index (χ4v) is 2.25. The molecule has 5 heteroatoms. The highest BCUT2D eigenvalue weighted by molar-refractivity contribution is 5.98. The molecule has 1 aliphatic heterocycles. The summed E-state index contributed by atoms with van der Waals surface area (Å²) >= 11 is 0. The summed E-state index contributed by atoms with van der Waals surface area (Å²) in [5.74, 6) is -1.47. The van der Waals surface area contributed by atoms with Crippen LogP contribution in [-0.4, -0.2) is 25.0 Å². The number of halogens is 2. The Kier molecular flexibility index (Phi) is 3.91. The zero-order valence-corrected chi connectivity index (χ0v) is 10.2. The molecule has 1 amide bonds. The van der Waals surface area contributed by atoms with Gasteiger partial charge in [-0.3, -0.25) is 4.79 Å². The molecule has 18 heavy (non-hydrogen) atoms. The van der Waals surface area contributed by atoms with Gasteiger partial charge in [0.2, 0.25) is 5.91 Å². The Morgan fingerprint density at radius 3 is 2.89 bits per heavy atom. The van der Waals surface area contributed by atoms with E-state index in [0.717, 1.165) is 18.9 Å². The number of carbonyl (C=O) groups is 1. The topological polar surface area (TPSA) is 32.3 Å². The maximum Gasteiger partial charge on any atom is 0.244 e. The molecular weight excluding hydrogens is 238 g/mol. The van der Waals surface area contributed by atoms with E-state index in [2.05, 4.69) is 5.32 Å². The highest BCUT2D eigenvalue weighted by Crippen LogP contribution is 2.24. The van der Waals surface area contributed by atoms with E-state index in [1.807, 2.05) is 6.92 Å². The van der Waals surface area contributed by atoms with Crippen LogP contribution in [0.4, 0.5) is 14.5 Å². The minimum Gasteiger partial charge on any atom is -0.308 e. The lowest BCUT2D eigenvalue weighted by Gasteiger charge is -2.32. The van der Waals surface area contributed by atoms with E-state index in [0.29, 0.717) is 13.1 Å². The van der Waals surface area contributed by atoms with Crippen LogP contribution in [0.5, 0.6) is 0 Å². The first-order valence-corrected chi connectivity index (χ1v) is 6.13. The van der Waals surface area contributed by atoms with E-state index in [9.17, 15) is 13.6 Å². The van der Waals surface area contributed by atoms with Crippen LogP contribution in [0.3, 0.4) is 0 Å². The molecule has 0 radical (unpaired) electrons. The number of rotatable bonds is 3. The van der Waals surface area contributed by atoms with Gasteiger partial charge >= 0.3 is 0 Å². The molecule has 0 aromatic heterocycles. The van der Waals surface area contributed by atoms with Gasteiger partial charge in [0.25, 0.3) is 0 Å². The van der Waals surface area contributed by atoms with Crippen molar-refractivity contribution >= 4 is 11.6 Å². The zero-order valence-electron chi connectivity index (χ0n) is 10.2. The first-order valence-electron chi connectivity index (χ1n) is 6.13. The maximum atomic E-state index is 13.7. The van der Waals surface area contributed by atoms with Gasteiger partial charge in [0.15, 0.2) is 0 Å². The molecule has 1 heterocycles. The number of nitrogens with zero attached hydrogens (tertiary/aromatic N) is 1. The normalized spacial score (nSPS) is 20.3. The van der Waals surface area contributed by atoms with Gasteiger partial charge in [-0.25, -0.2) is 8.78 Å². The highest BCUT2D eigenvalue weighted by Gasteiger charge is 2.30. The average molecular weight is 254 g/mol. The molecule has 1 aliphatic rings. The minimum atomic E-state index is -0.694. The van der Waals surface area contributed by atoms with Gasteiger partial charge < -0.3 is 10.2 Å². The van der Waals surface area contributed by atoms with Crippen LogP contribution in [0.25, 0.3) is 0 Å². The Balaban J connectivity index is 2.24. The number of benzene rings is 1. The molecule has 2 rings (SSSR count). The van der Waals surface area contributed by atoms with E-state index in [4.69, 9.17) is 0 Å². The van der Waals surface area contributed by atoms with Crippen molar-refractivity contribution in [3.63, 3.8) is 0 Å². The summed E-state index contributed by atoms with van der Waals surface area (Å²) in [7, 11) is 0. The average Bonchev–Trinajstić information content (AvgIpc) is 2.33. The molecule has 0 spiro atoms. The first kappa shape index (κ1) is 13.0. The number of nitrogens with one attached hydrogen (secondary N) is 1. The fourth-order valence-electron chi connectivity index (χ4n) is 2.25. The van der Waals surface area contributed by atoms with Crippen molar-refractivity contribution in [1.29, 1.82) is 0 Å². The molecule has 1 fully saturated rings. The molecule has 1 unspecified atom stereocenters. The van der Waals surface area contributed by atoms with E-state index < -0.39 is 11.6 Å². The van der Waals surface area contributed by atoms with Gasteiger partial charge in [-0.15, -0.1) is 0 Å². The zero-order chi connectivity index (χ0) is 13.1. The van der Waals surface area contributed by atoms with Crippen molar-refractivity contribution in [2.45, 2.75) is 25.8 Å². The lowest BCUT2D eigenvalue weighted by atomic mass is 10.0. The SMILES string of the molecule is CCNC1CCCN(c2ccc(F)cc2F)C1=O. The Bertz CT molecular complexity index is 449. The third-order valence-electron chi connectivity index (χ3n) is 3.09. The highest BCUT2D eigenvalue weighted by atomic mass is 19.1. The predicted molar refractivity (Wildman–Crippen MR) is 65.4 cm³/mol.